The number of carbonyl (C=O) groups is 1. The molecule has 3 atom stereocenters. The van der Waals surface area contributed by atoms with E-state index in [1.165, 1.54) is 32.1 Å². The first kappa shape index (κ1) is 21.1. The Kier molecular flexibility index (Phi) is 6.53. The number of aromatic nitrogens is 1. The Labute approximate surface area is 180 Å². The molecule has 2 aromatic rings. The van der Waals surface area contributed by atoms with Crippen LogP contribution in [0.2, 0.25) is 0 Å². The molecule has 2 aliphatic rings. The third kappa shape index (κ3) is 4.75. The van der Waals surface area contributed by atoms with Crippen LogP contribution in [0.25, 0.3) is 0 Å². The minimum Gasteiger partial charge on any atom is -0.428 e. The van der Waals surface area contributed by atoms with Gasteiger partial charge < -0.3 is 15.1 Å². The molecular weight excluding hydrogens is 400 g/mol. The molecule has 1 aromatic carbocycles. The highest BCUT2D eigenvalue weighted by molar-refractivity contribution is 7.86. The molecule has 3 unspecified atom stereocenters. The first-order chi connectivity index (χ1) is 14.5. The van der Waals surface area contributed by atoms with Gasteiger partial charge in [-0.2, -0.15) is 4.98 Å². The molecule has 7 nitrogen and oxygen atoms in total. The summed E-state index contributed by atoms with van der Waals surface area (Å²) in [5.41, 5.74) is 1.47. The summed E-state index contributed by atoms with van der Waals surface area (Å²) in [4.78, 5) is 17.7. The third-order valence-electron chi connectivity index (χ3n) is 6.35. The highest BCUT2D eigenvalue weighted by atomic mass is 32.2. The molecule has 1 aliphatic carbocycles. The lowest BCUT2D eigenvalue weighted by atomic mass is 9.76. The Bertz CT molecular complexity index is 886. The quantitative estimate of drug-likeness (QED) is 0.645. The molecule has 1 amide bonds. The van der Waals surface area contributed by atoms with Gasteiger partial charge in [0.1, 0.15) is 5.76 Å². The highest BCUT2D eigenvalue weighted by Crippen LogP contribution is 2.36. The Balaban J connectivity index is 1.35. The van der Waals surface area contributed by atoms with E-state index < -0.39 is 11.0 Å². The summed E-state index contributed by atoms with van der Waals surface area (Å²) in [6, 6.07) is 7.15. The summed E-state index contributed by atoms with van der Waals surface area (Å²) in [7, 11) is -1.49. The lowest BCUT2D eigenvalue weighted by Crippen LogP contribution is -2.42. The number of hydrogen-bond acceptors (Lipinski definition) is 5. The summed E-state index contributed by atoms with van der Waals surface area (Å²) in [6.45, 7) is 4.55. The van der Waals surface area contributed by atoms with E-state index in [1.807, 2.05) is 13.8 Å². The van der Waals surface area contributed by atoms with E-state index in [9.17, 15) is 9.00 Å². The topological polar surface area (TPSA) is 96.3 Å². The number of nitrogens with one attached hydrogen (secondary N) is 3. The number of anilines is 2. The molecule has 1 saturated heterocycles. The van der Waals surface area contributed by atoms with Crippen LogP contribution >= 0.6 is 0 Å². The van der Waals surface area contributed by atoms with Gasteiger partial charge in [-0.1, -0.05) is 32.1 Å². The van der Waals surface area contributed by atoms with Crippen molar-refractivity contribution in [3.8, 4) is 0 Å². The van der Waals surface area contributed by atoms with Crippen LogP contribution in [0.15, 0.2) is 33.6 Å². The van der Waals surface area contributed by atoms with E-state index in [0.29, 0.717) is 28.2 Å². The standard InChI is InChI=1S/C22H30N4O3S/c1-14-15(2)29-22(24-14)26-30(28)18-10-8-17(9-11-18)25-21(27)20-19(12-13-23-20)16-6-4-3-5-7-16/h8-11,16,19-20,23H,3-7,12-13H2,1-2H3,(H,24,26)(H,25,27). The molecular formula is C22H30N4O3S. The van der Waals surface area contributed by atoms with Crippen LogP contribution in [0.4, 0.5) is 11.7 Å². The van der Waals surface area contributed by atoms with Gasteiger partial charge in [0, 0.05) is 5.69 Å². The van der Waals surface area contributed by atoms with Crippen molar-refractivity contribution in [3.05, 3.63) is 35.7 Å². The molecule has 2 heterocycles. The predicted molar refractivity (Wildman–Crippen MR) is 118 cm³/mol. The van der Waals surface area contributed by atoms with Gasteiger partial charge in [-0.25, -0.2) is 4.21 Å². The first-order valence-electron chi connectivity index (χ1n) is 10.8. The van der Waals surface area contributed by atoms with E-state index in [4.69, 9.17) is 4.42 Å². The molecule has 0 radical (unpaired) electrons. The second kappa shape index (κ2) is 9.31. The molecule has 4 rings (SSSR count). The highest BCUT2D eigenvalue weighted by Gasteiger charge is 2.38. The molecule has 3 N–H and O–H groups in total. The van der Waals surface area contributed by atoms with Gasteiger partial charge in [-0.3, -0.25) is 9.52 Å². The molecule has 2 fully saturated rings. The maximum atomic E-state index is 12.9. The van der Waals surface area contributed by atoms with E-state index in [-0.39, 0.29) is 18.0 Å². The van der Waals surface area contributed by atoms with Crippen molar-refractivity contribution in [1.82, 2.24) is 10.3 Å². The summed E-state index contributed by atoms with van der Waals surface area (Å²) in [5.74, 6) is 1.80. The number of carbonyl (C=O) groups excluding carboxylic acids is 1. The van der Waals surface area contributed by atoms with Gasteiger partial charge in [0.05, 0.1) is 16.6 Å². The van der Waals surface area contributed by atoms with Crippen molar-refractivity contribution in [2.45, 2.75) is 63.3 Å². The molecule has 1 aromatic heterocycles. The monoisotopic (exact) mass is 430 g/mol. The zero-order valence-corrected chi connectivity index (χ0v) is 18.4. The van der Waals surface area contributed by atoms with Crippen molar-refractivity contribution >= 4 is 28.6 Å². The molecule has 1 aliphatic heterocycles. The fraction of sp³-hybridized carbons (Fsp3) is 0.545. The summed E-state index contributed by atoms with van der Waals surface area (Å²) in [5, 5.41) is 6.43. The molecule has 1 saturated carbocycles. The van der Waals surface area contributed by atoms with E-state index >= 15 is 0 Å². The SMILES string of the molecule is Cc1nc(NS(=O)c2ccc(NC(=O)C3NCCC3C3CCCCC3)cc2)oc1C. The van der Waals surface area contributed by atoms with Gasteiger partial charge >= 0.3 is 6.01 Å². The number of nitrogens with zero attached hydrogens (tertiary/aromatic N) is 1. The largest absolute Gasteiger partial charge is 0.428 e. The summed E-state index contributed by atoms with van der Waals surface area (Å²) >= 11 is 0. The molecule has 0 bridgehead atoms. The predicted octanol–water partition coefficient (Wildman–Crippen LogP) is 3.92. The number of aryl methyl sites for hydroxylation is 2. The van der Waals surface area contributed by atoms with Gasteiger partial charge in [-0.05, 0) is 62.9 Å². The third-order valence-corrected chi connectivity index (χ3v) is 7.41. The fourth-order valence-electron chi connectivity index (χ4n) is 4.62. The average molecular weight is 431 g/mol. The van der Waals surface area contributed by atoms with Crippen molar-refractivity contribution in [2.24, 2.45) is 11.8 Å². The molecule has 30 heavy (non-hydrogen) atoms. The Morgan fingerprint density at radius 2 is 1.87 bits per heavy atom. The lowest BCUT2D eigenvalue weighted by Gasteiger charge is -2.30. The van der Waals surface area contributed by atoms with Gasteiger partial charge in [0.2, 0.25) is 5.91 Å². The number of hydrogen-bond donors (Lipinski definition) is 3. The first-order valence-corrected chi connectivity index (χ1v) is 11.9. The second-order valence-electron chi connectivity index (χ2n) is 8.33. The van der Waals surface area contributed by atoms with Crippen molar-refractivity contribution in [3.63, 3.8) is 0 Å². The Hall–Kier alpha value is -2.19. The van der Waals surface area contributed by atoms with Crippen molar-refractivity contribution < 1.29 is 13.4 Å². The molecule has 162 valence electrons. The molecule has 0 spiro atoms. The van der Waals surface area contributed by atoms with Crippen molar-refractivity contribution in [1.29, 1.82) is 0 Å². The van der Waals surface area contributed by atoms with E-state index in [1.54, 1.807) is 24.3 Å². The minimum atomic E-state index is -1.49. The fourth-order valence-corrected chi connectivity index (χ4v) is 5.36. The maximum absolute atomic E-state index is 12.9. The van der Waals surface area contributed by atoms with Gasteiger partial charge in [0.15, 0.2) is 11.0 Å². The normalized spacial score (nSPS) is 23.3. The number of benzene rings is 1. The Morgan fingerprint density at radius 3 is 2.53 bits per heavy atom. The minimum absolute atomic E-state index is 0.0285. The zero-order valence-electron chi connectivity index (χ0n) is 17.6. The lowest BCUT2D eigenvalue weighted by molar-refractivity contribution is -0.119. The van der Waals surface area contributed by atoms with Crippen LogP contribution in [0.5, 0.6) is 0 Å². The van der Waals surface area contributed by atoms with Crippen LogP contribution in [0, 0.1) is 25.7 Å². The van der Waals surface area contributed by atoms with E-state index in [2.05, 4.69) is 20.3 Å². The van der Waals surface area contributed by atoms with Crippen LogP contribution in [0.1, 0.15) is 50.0 Å². The number of amides is 1. The van der Waals surface area contributed by atoms with Crippen molar-refractivity contribution in [2.75, 3.05) is 16.6 Å². The van der Waals surface area contributed by atoms with Crippen LogP contribution in [-0.4, -0.2) is 27.7 Å². The van der Waals surface area contributed by atoms with Crippen LogP contribution in [-0.2, 0) is 15.8 Å². The Morgan fingerprint density at radius 1 is 1.13 bits per heavy atom. The number of rotatable bonds is 6. The van der Waals surface area contributed by atoms with Crippen LogP contribution < -0.4 is 15.4 Å². The smallest absolute Gasteiger partial charge is 0.307 e. The average Bonchev–Trinajstić information content (AvgIpc) is 3.36. The maximum Gasteiger partial charge on any atom is 0.307 e. The second-order valence-corrected chi connectivity index (χ2v) is 9.54. The summed E-state index contributed by atoms with van der Waals surface area (Å²) in [6.07, 6.45) is 7.46. The van der Waals surface area contributed by atoms with Gasteiger partial charge in [-0.15, -0.1) is 0 Å². The van der Waals surface area contributed by atoms with Crippen LogP contribution in [0.3, 0.4) is 0 Å². The van der Waals surface area contributed by atoms with Gasteiger partial charge in [0.25, 0.3) is 0 Å². The molecule has 8 heteroatoms. The zero-order chi connectivity index (χ0) is 21.1. The summed E-state index contributed by atoms with van der Waals surface area (Å²) < 4.78 is 20.7. The number of oxazole rings is 1. The van der Waals surface area contributed by atoms with E-state index in [0.717, 1.165) is 18.7 Å².